The molecule has 2 nitrogen and oxygen atoms in total. The van der Waals surface area contributed by atoms with Crippen molar-refractivity contribution in [1.29, 1.82) is 0 Å². The van der Waals surface area contributed by atoms with E-state index in [1.165, 1.54) is 18.2 Å². The number of carbonyl (C=O) groups excluding carboxylic acids is 1. The number of nitrogens with two attached hydrogens (primary N) is 1. The SMILES string of the molecule is CC(C)(C)CSC(=O)C1(N)CCCCC1. The quantitative estimate of drug-likeness (QED) is 0.791. The van der Waals surface area contributed by atoms with Gasteiger partial charge in [0.2, 0.25) is 5.12 Å². The molecule has 1 aliphatic carbocycles. The zero-order valence-corrected chi connectivity index (χ0v) is 11.0. The normalized spacial score (nSPS) is 21.3. The number of carbonyl (C=O) groups is 1. The minimum Gasteiger partial charge on any atom is -0.318 e. The third kappa shape index (κ3) is 4.15. The lowest BCUT2D eigenvalue weighted by atomic mass is 9.84. The summed E-state index contributed by atoms with van der Waals surface area (Å²) in [5, 5.41) is 0.206. The summed E-state index contributed by atoms with van der Waals surface area (Å²) in [4.78, 5) is 12.0. The smallest absolute Gasteiger partial charge is 0.208 e. The van der Waals surface area contributed by atoms with Gasteiger partial charge in [0.1, 0.15) is 0 Å². The molecule has 0 atom stereocenters. The molecule has 0 heterocycles. The van der Waals surface area contributed by atoms with Crippen molar-refractivity contribution in [3.05, 3.63) is 0 Å². The van der Waals surface area contributed by atoms with Crippen molar-refractivity contribution in [3.63, 3.8) is 0 Å². The Kier molecular flexibility index (Phi) is 4.24. The highest BCUT2D eigenvalue weighted by molar-refractivity contribution is 8.13. The largest absolute Gasteiger partial charge is 0.318 e. The van der Waals surface area contributed by atoms with Crippen LogP contribution in [0, 0.1) is 5.41 Å². The van der Waals surface area contributed by atoms with E-state index in [1.54, 1.807) is 0 Å². The molecule has 0 bridgehead atoms. The van der Waals surface area contributed by atoms with E-state index in [0.29, 0.717) is 0 Å². The van der Waals surface area contributed by atoms with Gasteiger partial charge in [0.05, 0.1) is 5.54 Å². The monoisotopic (exact) mass is 229 g/mol. The first-order valence-corrected chi connectivity index (χ1v) is 6.78. The molecule has 1 saturated carbocycles. The fraction of sp³-hybridized carbons (Fsp3) is 0.917. The Morgan fingerprint density at radius 3 is 2.27 bits per heavy atom. The van der Waals surface area contributed by atoms with Gasteiger partial charge in [0.15, 0.2) is 0 Å². The molecule has 0 spiro atoms. The maximum atomic E-state index is 12.0. The third-order valence-electron chi connectivity index (χ3n) is 2.79. The molecule has 0 aromatic heterocycles. The fourth-order valence-electron chi connectivity index (χ4n) is 1.81. The Morgan fingerprint density at radius 1 is 1.27 bits per heavy atom. The molecule has 0 radical (unpaired) electrons. The summed E-state index contributed by atoms with van der Waals surface area (Å²) in [5.41, 5.74) is 5.84. The molecule has 15 heavy (non-hydrogen) atoms. The van der Waals surface area contributed by atoms with Gasteiger partial charge in [0.25, 0.3) is 0 Å². The lowest BCUT2D eigenvalue weighted by molar-refractivity contribution is -0.116. The van der Waals surface area contributed by atoms with Crippen molar-refractivity contribution in [1.82, 2.24) is 0 Å². The molecule has 0 saturated heterocycles. The van der Waals surface area contributed by atoms with Gasteiger partial charge in [-0.1, -0.05) is 51.8 Å². The van der Waals surface area contributed by atoms with Gasteiger partial charge >= 0.3 is 0 Å². The summed E-state index contributed by atoms with van der Waals surface area (Å²) >= 11 is 1.42. The summed E-state index contributed by atoms with van der Waals surface area (Å²) in [5.74, 6) is 0.866. The standard InChI is InChI=1S/C12H23NOS/c1-11(2,3)9-15-10(14)12(13)7-5-4-6-8-12/h4-9,13H2,1-3H3. The Bertz CT molecular complexity index is 226. The Balaban J connectivity index is 2.45. The molecule has 0 aromatic rings. The van der Waals surface area contributed by atoms with E-state index in [1.807, 2.05) is 0 Å². The highest BCUT2D eigenvalue weighted by atomic mass is 32.2. The van der Waals surface area contributed by atoms with Crippen molar-refractivity contribution >= 4 is 16.9 Å². The van der Waals surface area contributed by atoms with E-state index >= 15 is 0 Å². The van der Waals surface area contributed by atoms with Crippen LogP contribution in [0.5, 0.6) is 0 Å². The number of hydrogen-bond acceptors (Lipinski definition) is 3. The maximum Gasteiger partial charge on any atom is 0.208 e. The summed E-state index contributed by atoms with van der Waals surface area (Å²) in [6, 6.07) is 0. The van der Waals surface area contributed by atoms with Crippen LogP contribution in [-0.4, -0.2) is 16.4 Å². The van der Waals surface area contributed by atoms with E-state index in [4.69, 9.17) is 5.73 Å². The second-order valence-electron chi connectivity index (χ2n) is 5.85. The molecule has 2 N–H and O–H groups in total. The van der Waals surface area contributed by atoms with Crippen molar-refractivity contribution < 1.29 is 4.79 Å². The fourth-order valence-corrected chi connectivity index (χ4v) is 2.87. The van der Waals surface area contributed by atoms with Crippen molar-refractivity contribution in [2.45, 2.75) is 58.4 Å². The minimum absolute atomic E-state index is 0.200. The lowest BCUT2D eigenvalue weighted by Gasteiger charge is -2.32. The molecule has 1 rings (SSSR count). The maximum absolute atomic E-state index is 12.0. The zero-order valence-electron chi connectivity index (χ0n) is 10.1. The Morgan fingerprint density at radius 2 is 1.80 bits per heavy atom. The van der Waals surface area contributed by atoms with Crippen LogP contribution >= 0.6 is 11.8 Å². The van der Waals surface area contributed by atoms with Crippen LogP contribution in [0.4, 0.5) is 0 Å². The molecule has 88 valence electrons. The molecule has 0 unspecified atom stereocenters. The van der Waals surface area contributed by atoms with Gasteiger partial charge < -0.3 is 5.73 Å². The summed E-state index contributed by atoms with van der Waals surface area (Å²) in [6.45, 7) is 6.45. The van der Waals surface area contributed by atoms with Gasteiger partial charge in [-0.25, -0.2) is 0 Å². The van der Waals surface area contributed by atoms with E-state index in [9.17, 15) is 4.79 Å². The van der Waals surface area contributed by atoms with Crippen LogP contribution in [-0.2, 0) is 4.79 Å². The topological polar surface area (TPSA) is 43.1 Å². The molecule has 0 amide bonds. The number of rotatable bonds is 2. The first kappa shape index (κ1) is 13.0. The van der Waals surface area contributed by atoms with Crippen molar-refractivity contribution in [2.24, 2.45) is 11.1 Å². The third-order valence-corrected chi connectivity index (χ3v) is 4.47. The molecule has 3 heteroatoms. The molecule has 0 aromatic carbocycles. The Hall–Kier alpha value is -0.0200. The predicted molar refractivity (Wildman–Crippen MR) is 66.9 cm³/mol. The number of thioether (sulfide) groups is 1. The Labute approximate surface area is 97.4 Å². The zero-order chi connectivity index (χ0) is 11.5. The molecule has 1 fully saturated rings. The second-order valence-corrected chi connectivity index (χ2v) is 6.80. The summed E-state index contributed by atoms with van der Waals surface area (Å²) in [6.07, 6.45) is 5.21. The van der Waals surface area contributed by atoms with Crippen LogP contribution in [0.2, 0.25) is 0 Å². The first-order chi connectivity index (χ1) is 6.83. The van der Waals surface area contributed by atoms with Gasteiger partial charge in [0, 0.05) is 5.75 Å². The van der Waals surface area contributed by atoms with E-state index in [0.717, 1.165) is 31.4 Å². The van der Waals surface area contributed by atoms with Crippen LogP contribution in [0.25, 0.3) is 0 Å². The van der Waals surface area contributed by atoms with Gasteiger partial charge in [-0.15, -0.1) is 0 Å². The number of hydrogen-bond donors (Lipinski definition) is 1. The van der Waals surface area contributed by atoms with Gasteiger partial charge in [-0.3, -0.25) is 4.79 Å². The summed E-state index contributed by atoms with van der Waals surface area (Å²) < 4.78 is 0. The minimum atomic E-state index is -0.520. The van der Waals surface area contributed by atoms with Crippen LogP contribution in [0.15, 0.2) is 0 Å². The highest BCUT2D eigenvalue weighted by Crippen LogP contribution is 2.32. The molecule has 0 aliphatic heterocycles. The molecular weight excluding hydrogens is 206 g/mol. The highest BCUT2D eigenvalue weighted by Gasteiger charge is 2.35. The van der Waals surface area contributed by atoms with Crippen LogP contribution < -0.4 is 5.73 Å². The predicted octanol–water partition coefficient (Wildman–Crippen LogP) is 2.95. The summed E-state index contributed by atoms with van der Waals surface area (Å²) in [7, 11) is 0. The van der Waals surface area contributed by atoms with Gasteiger partial charge in [-0.2, -0.15) is 0 Å². The molecular formula is C12H23NOS. The van der Waals surface area contributed by atoms with E-state index in [2.05, 4.69) is 20.8 Å². The first-order valence-electron chi connectivity index (χ1n) is 5.80. The van der Waals surface area contributed by atoms with Gasteiger partial charge in [-0.05, 0) is 18.3 Å². The van der Waals surface area contributed by atoms with E-state index < -0.39 is 5.54 Å². The van der Waals surface area contributed by atoms with Crippen LogP contribution in [0.1, 0.15) is 52.9 Å². The average Bonchev–Trinajstić information content (AvgIpc) is 2.14. The second kappa shape index (κ2) is 4.88. The van der Waals surface area contributed by atoms with Crippen molar-refractivity contribution in [2.75, 3.05) is 5.75 Å². The van der Waals surface area contributed by atoms with E-state index in [-0.39, 0.29) is 10.5 Å². The van der Waals surface area contributed by atoms with Crippen molar-refractivity contribution in [3.8, 4) is 0 Å². The average molecular weight is 229 g/mol. The molecule has 1 aliphatic rings. The lowest BCUT2D eigenvalue weighted by Crippen LogP contribution is -2.48. The van der Waals surface area contributed by atoms with Crippen LogP contribution in [0.3, 0.4) is 0 Å².